The highest BCUT2D eigenvalue weighted by Crippen LogP contribution is 2.32. The lowest BCUT2D eigenvalue weighted by molar-refractivity contribution is -0.384. The fourth-order valence-corrected chi connectivity index (χ4v) is 3.02. The molecule has 26 heavy (non-hydrogen) atoms. The lowest BCUT2D eigenvalue weighted by Gasteiger charge is -2.05. The standard InChI is InChI=1S/C18H13BrClN3O3/c1-11-16(20)3-2-4-17(11)22-21-10-13-6-8-18(26-13)14-7-5-12(23(24)25)9-15(14)19/h2-10,22H,1H3. The maximum Gasteiger partial charge on any atom is 0.270 e. The molecule has 0 radical (unpaired) electrons. The van der Waals surface area contributed by atoms with Gasteiger partial charge in [0.15, 0.2) is 0 Å². The number of nitro groups is 1. The number of rotatable bonds is 5. The van der Waals surface area contributed by atoms with Gasteiger partial charge in [-0.1, -0.05) is 17.7 Å². The number of hydrogen-bond acceptors (Lipinski definition) is 5. The van der Waals surface area contributed by atoms with Gasteiger partial charge in [-0.15, -0.1) is 0 Å². The summed E-state index contributed by atoms with van der Waals surface area (Å²) in [6.45, 7) is 1.90. The zero-order chi connectivity index (χ0) is 18.7. The first-order valence-electron chi connectivity index (χ1n) is 7.54. The topological polar surface area (TPSA) is 80.7 Å². The van der Waals surface area contributed by atoms with Gasteiger partial charge in [-0.05, 0) is 58.7 Å². The Bertz CT molecular complexity index is 1000. The lowest BCUT2D eigenvalue weighted by atomic mass is 10.1. The first kappa shape index (κ1) is 18.2. The van der Waals surface area contributed by atoms with Crippen LogP contribution in [0.4, 0.5) is 11.4 Å². The summed E-state index contributed by atoms with van der Waals surface area (Å²) in [7, 11) is 0. The second kappa shape index (κ2) is 7.72. The molecule has 0 atom stereocenters. The van der Waals surface area contributed by atoms with E-state index in [-0.39, 0.29) is 5.69 Å². The van der Waals surface area contributed by atoms with Crippen molar-refractivity contribution in [2.75, 3.05) is 5.43 Å². The minimum absolute atomic E-state index is 0.00931. The van der Waals surface area contributed by atoms with Crippen molar-refractivity contribution in [3.8, 4) is 11.3 Å². The number of benzene rings is 2. The summed E-state index contributed by atoms with van der Waals surface area (Å²) in [6, 6.07) is 13.6. The maximum atomic E-state index is 10.8. The number of nitrogens with one attached hydrogen (secondary N) is 1. The average Bonchev–Trinajstić information content (AvgIpc) is 3.07. The molecule has 2 aromatic carbocycles. The Morgan fingerprint density at radius 3 is 2.81 bits per heavy atom. The normalized spacial score (nSPS) is 11.0. The van der Waals surface area contributed by atoms with Gasteiger partial charge in [0.2, 0.25) is 0 Å². The third kappa shape index (κ3) is 3.95. The molecule has 3 aromatic rings. The Morgan fingerprint density at radius 1 is 1.27 bits per heavy atom. The van der Waals surface area contributed by atoms with Crippen molar-refractivity contribution in [3.63, 3.8) is 0 Å². The van der Waals surface area contributed by atoms with E-state index < -0.39 is 4.92 Å². The molecule has 1 N–H and O–H groups in total. The van der Waals surface area contributed by atoms with Crippen LogP contribution < -0.4 is 5.43 Å². The van der Waals surface area contributed by atoms with E-state index in [1.54, 1.807) is 24.4 Å². The molecular formula is C18H13BrClN3O3. The molecule has 0 fully saturated rings. The third-order valence-electron chi connectivity index (χ3n) is 3.70. The molecule has 0 saturated heterocycles. The molecule has 0 aliphatic carbocycles. The van der Waals surface area contributed by atoms with Gasteiger partial charge >= 0.3 is 0 Å². The van der Waals surface area contributed by atoms with E-state index in [1.807, 2.05) is 25.1 Å². The Hall–Kier alpha value is -2.64. The van der Waals surface area contributed by atoms with Crippen LogP contribution in [0.25, 0.3) is 11.3 Å². The van der Waals surface area contributed by atoms with Crippen molar-refractivity contribution in [3.05, 3.63) is 79.5 Å². The number of hydrazone groups is 1. The van der Waals surface area contributed by atoms with Crippen molar-refractivity contribution >= 4 is 45.1 Å². The predicted molar refractivity (Wildman–Crippen MR) is 106 cm³/mol. The fraction of sp³-hybridized carbons (Fsp3) is 0.0556. The predicted octanol–water partition coefficient (Wildman–Crippen LogP) is 6.03. The van der Waals surface area contributed by atoms with Crippen molar-refractivity contribution in [1.82, 2.24) is 0 Å². The molecule has 0 saturated carbocycles. The maximum absolute atomic E-state index is 10.8. The van der Waals surface area contributed by atoms with Crippen molar-refractivity contribution in [2.24, 2.45) is 5.10 Å². The monoisotopic (exact) mass is 433 g/mol. The first-order valence-corrected chi connectivity index (χ1v) is 8.71. The first-order chi connectivity index (χ1) is 12.5. The van der Waals surface area contributed by atoms with Crippen molar-refractivity contribution in [2.45, 2.75) is 6.92 Å². The summed E-state index contributed by atoms with van der Waals surface area (Å²) in [5.41, 5.74) is 5.36. The second-order valence-corrected chi connectivity index (χ2v) is 6.67. The van der Waals surface area contributed by atoms with E-state index in [4.69, 9.17) is 16.0 Å². The summed E-state index contributed by atoms with van der Waals surface area (Å²) in [4.78, 5) is 10.4. The number of nitro benzene ring substituents is 1. The summed E-state index contributed by atoms with van der Waals surface area (Å²) < 4.78 is 6.31. The Balaban J connectivity index is 1.76. The highest BCUT2D eigenvalue weighted by atomic mass is 79.9. The number of anilines is 1. The minimum atomic E-state index is -0.446. The van der Waals surface area contributed by atoms with E-state index >= 15 is 0 Å². The molecule has 0 aliphatic rings. The number of halogens is 2. The minimum Gasteiger partial charge on any atom is -0.455 e. The smallest absolute Gasteiger partial charge is 0.270 e. The van der Waals surface area contributed by atoms with Gasteiger partial charge in [-0.25, -0.2) is 0 Å². The molecule has 6 nitrogen and oxygen atoms in total. The van der Waals surface area contributed by atoms with Gasteiger partial charge < -0.3 is 4.42 Å². The average molecular weight is 435 g/mol. The number of nitrogens with zero attached hydrogens (tertiary/aromatic N) is 2. The quantitative estimate of drug-likeness (QED) is 0.302. The Morgan fingerprint density at radius 2 is 2.08 bits per heavy atom. The molecule has 0 aliphatic heterocycles. The molecule has 0 bridgehead atoms. The van der Waals surface area contributed by atoms with E-state index in [2.05, 4.69) is 26.5 Å². The Kier molecular flexibility index (Phi) is 5.39. The summed E-state index contributed by atoms with van der Waals surface area (Å²) in [5.74, 6) is 1.12. The molecular weight excluding hydrogens is 422 g/mol. The SMILES string of the molecule is Cc1c(Cl)cccc1NN=Cc1ccc(-c2ccc([N+](=O)[O-])cc2Br)o1. The van der Waals surface area contributed by atoms with Crippen LogP contribution in [0.3, 0.4) is 0 Å². The number of non-ortho nitro benzene ring substituents is 1. The zero-order valence-corrected chi connectivity index (χ0v) is 15.9. The largest absolute Gasteiger partial charge is 0.455 e. The van der Waals surface area contributed by atoms with Gasteiger partial charge in [0.25, 0.3) is 5.69 Å². The second-order valence-electron chi connectivity index (χ2n) is 5.41. The molecule has 0 spiro atoms. The summed E-state index contributed by atoms with van der Waals surface area (Å²) >= 11 is 9.41. The molecule has 0 amide bonds. The van der Waals surface area contributed by atoms with Crippen molar-refractivity contribution in [1.29, 1.82) is 0 Å². The van der Waals surface area contributed by atoms with Crippen LogP contribution in [0.15, 0.2) is 62.5 Å². The number of furan rings is 1. The third-order valence-corrected chi connectivity index (χ3v) is 4.77. The van der Waals surface area contributed by atoms with Crippen LogP contribution in [0, 0.1) is 17.0 Å². The summed E-state index contributed by atoms with van der Waals surface area (Å²) in [6.07, 6.45) is 1.54. The molecule has 0 unspecified atom stereocenters. The van der Waals surface area contributed by atoms with Gasteiger partial charge in [-0.3, -0.25) is 15.5 Å². The van der Waals surface area contributed by atoms with E-state index in [0.717, 1.165) is 11.3 Å². The molecule has 132 valence electrons. The number of hydrogen-bond donors (Lipinski definition) is 1. The van der Waals surface area contributed by atoms with Gasteiger partial charge in [-0.2, -0.15) is 5.10 Å². The fourth-order valence-electron chi connectivity index (χ4n) is 2.28. The van der Waals surface area contributed by atoms with Crippen LogP contribution >= 0.6 is 27.5 Å². The van der Waals surface area contributed by atoms with Crippen molar-refractivity contribution < 1.29 is 9.34 Å². The highest BCUT2D eigenvalue weighted by Gasteiger charge is 2.13. The summed E-state index contributed by atoms with van der Waals surface area (Å²) in [5, 5.41) is 15.6. The zero-order valence-electron chi connectivity index (χ0n) is 13.6. The molecule has 3 rings (SSSR count). The van der Waals surface area contributed by atoms with Crippen LogP contribution in [0.5, 0.6) is 0 Å². The molecule has 8 heteroatoms. The van der Waals surface area contributed by atoms with Gasteiger partial charge in [0.1, 0.15) is 11.5 Å². The molecule has 1 aromatic heterocycles. The Labute approximate surface area is 162 Å². The van der Waals surface area contributed by atoms with Crippen LogP contribution in [-0.2, 0) is 0 Å². The van der Waals surface area contributed by atoms with E-state index in [0.29, 0.717) is 26.6 Å². The lowest BCUT2D eigenvalue weighted by Crippen LogP contribution is -1.92. The molecule has 1 heterocycles. The van der Waals surface area contributed by atoms with Gasteiger partial charge in [0.05, 0.1) is 16.8 Å². The van der Waals surface area contributed by atoms with E-state index in [9.17, 15) is 10.1 Å². The van der Waals surface area contributed by atoms with Gasteiger partial charge in [0, 0.05) is 27.2 Å². The van der Waals surface area contributed by atoms with E-state index in [1.165, 1.54) is 12.1 Å². The highest BCUT2D eigenvalue weighted by molar-refractivity contribution is 9.10. The van der Waals surface area contributed by atoms with Crippen LogP contribution in [0.2, 0.25) is 5.02 Å². The van der Waals surface area contributed by atoms with Crippen LogP contribution in [0.1, 0.15) is 11.3 Å². The van der Waals surface area contributed by atoms with Crippen LogP contribution in [-0.4, -0.2) is 11.1 Å².